The van der Waals surface area contributed by atoms with Crippen LogP contribution in [-0.4, -0.2) is 38.9 Å². The minimum atomic E-state index is -2.40. The maximum absolute atomic E-state index is 12.1. The lowest BCUT2D eigenvalue weighted by atomic mass is 10.2. The molecule has 2 atom stereocenters. The summed E-state index contributed by atoms with van der Waals surface area (Å²) in [6.45, 7) is 8.90. The van der Waals surface area contributed by atoms with E-state index in [0.29, 0.717) is 25.5 Å². The van der Waals surface area contributed by atoms with Crippen molar-refractivity contribution in [2.24, 2.45) is 0 Å². The SMILES string of the molecule is CCCCOP(C)(=O)CCCCCCP(C)(=O)OCCCC. The molecule has 0 amide bonds. The van der Waals surface area contributed by atoms with Crippen molar-refractivity contribution < 1.29 is 18.2 Å². The van der Waals surface area contributed by atoms with Crippen LogP contribution in [0.15, 0.2) is 0 Å². The lowest BCUT2D eigenvalue weighted by Crippen LogP contribution is -1.98. The van der Waals surface area contributed by atoms with Gasteiger partial charge in [0.05, 0.1) is 13.2 Å². The fraction of sp³-hybridized carbons (Fsp3) is 1.00. The summed E-state index contributed by atoms with van der Waals surface area (Å²) in [5.41, 5.74) is 0. The summed E-state index contributed by atoms with van der Waals surface area (Å²) in [7, 11) is -4.80. The van der Waals surface area contributed by atoms with E-state index in [0.717, 1.165) is 51.4 Å². The second-order valence-electron chi connectivity index (χ2n) is 6.26. The Labute approximate surface area is 137 Å². The average molecular weight is 354 g/mol. The van der Waals surface area contributed by atoms with Crippen molar-refractivity contribution in [2.75, 3.05) is 38.9 Å². The van der Waals surface area contributed by atoms with Crippen LogP contribution in [0.4, 0.5) is 0 Å². The Kier molecular flexibility index (Phi) is 13.0. The molecule has 0 bridgehead atoms. The highest BCUT2D eigenvalue weighted by atomic mass is 31.2. The third-order valence-corrected chi connectivity index (χ3v) is 7.32. The van der Waals surface area contributed by atoms with Crippen molar-refractivity contribution >= 4 is 14.7 Å². The molecule has 0 spiro atoms. The molecule has 4 nitrogen and oxygen atoms in total. The molecule has 0 aromatic rings. The largest absolute Gasteiger partial charge is 0.329 e. The topological polar surface area (TPSA) is 52.6 Å². The maximum Gasteiger partial charge on any atom is 0.200 e. The van der Waals surface area contributed by atoms with Gasteiger partial charge in [-0.15, -0.1) is 0 Å². The maximum atomic E-state index is 12.1. The Morgan fingerprint density at radius 1 is 0.636 bits per heavy atom. The highest BCUT2D eigenvalue weighted by Gasteiger charge is 2.16. The molecule has 0 aliphatic carbocycles. The van der Waals surface area contributed by atoms with Gasteiger partial charge in [0, 0.05) is 25.7 Å². The molecular weight excluding hydrogens is 318 g/mol. The molecule has 134 valence electrons. The number of hydrogen-bond donors (Lipinski definition) is 0. The van der Waals surface area contributed by atoms with Gasteiger partial charge < -0.3 is 9.05 Å². The average Bonchev–Trinajstić information content (AvgIpc) is 2.43. The normalized spacial score (nSPS) is 17.1. The lowest BCUT2D eigenvalue weighted by Gasteiger charge is -2.14. The predicted octanol–water partition coefficient (Wildman–Crippen LogP) is 6.00. The van der Waals surface area contributed by atoms with E-state index in [9.17, 15) is 9.13 Å². The summed E-state index contributed by atoms with van der Waals surface area (Å²) in [6, 6.07) is 0. The predicted molar refractivity (Wildman–Crippen MR) is 97.0 cm³/mol. The standard InChI is InChI=1S/C16H36O4P2/c1-5-7-13-19-21(3,17)15-11-9-10-12-16-22(4,18)20-14-8-6-2/h5-16H2,1-4H3. The Morgan fingerprint density at radius 3 is 1.32 bits per heavy atom. The van der Waals surface area contributed by atoms with Crippen LogP contribution in [0.25, 0.3) is 0 Å². The first-order chi connectivity index (χ1) is 10.3. The minimum Gasteiger partial charge on any atom is -0.329 e. The van der Waals surface area contributed by atoms with Crippen LogP contribution >= 0.6 is 14.7 Å². The molecule has 0 heterocycles. The van der Waals surface area contributed by atoms with E-state index in [2.05, 4.69) is 13.8 Å². The first-order valence-electron chi connectivity index (χ1n) is 8.75. The van der Waals surface area contributed by atoms with Gasteiger partial charge in [-0.2, -0.15) is 0 Å². The smallest absolute Gasteiger partial charge is 0.200 e. The van der Waals surface area contributed by atoms with Gasteiger partial charge in [0.1, 0.15) is 0 Å². The number of unbranched alkanes of at least 4 members (excludes halogenated alkanes) is 5. The summed E-state index contributed by atoms with van der Waals surface area (Å²) in [5.74, 6) is 0. The minimum absolute atomic E-state index is 0.610. The van der Waals surface area contributed by atoms with Crippen molar-refractivity contribution in [1.29, 1.82) is 0 Å². The Hall–Kier alpha value is 0.380. The Morgan fingerprint density at radius 2 is 1.00 bits per heavy atom. The van der Waals surface area contributed by atoms with Crippen LogP contribution in [0.1, 0.15) is 65.2 Å². The van der Waals surface area contributed by atoms with Crippen molar-refractivity contribution in [3.8, 4) is 0 Å². The third-order valence-electron chi connectivity index (χ3n) is 3.60. The molecule has 0 aliphatic heterocycles. The molecule has 22 heavy (non-hydrogen) atoms. The highest BCUT2D eigenvalue weighted by molar-refractivity contribution is 7.58. The van der Waals surface area contributed by atoms with Gasteiger partial charge >= 0.3 is 0 Å². The molecule has 0 radical (unpaired) electrons. The molecule has 0 N–H and O–H groups in total. The zero-order chi connectivity index (χ0) is 16.9. The first-order valence-corrected chi connectivity index (χ1v) is 13.3. The van der Waals surface area contributed by atoms with E-state index in [1.165, 1.54) is 0 Å². The van der Waals surface area contributed by atoms with Crippen LogP contribution < -0.4 is 0 Å². The second kappa shape index (κ2) is 12.8. The van der Waals surface area contributed by atoms with Gasteiger partial charge in [0.15, 0.2) is 14.7 Å². The first kappa shape index (κ1) is 22.4. The van der Waals surface area contributed by atoms with Crippen LogP contribution in [0.3, 0.4) is 0 Å². The molecule has 0 aromatic heterocycles. The van der Waals surface area contributed by atoms with E-state index in [4.69, 9.17) is 9.05 Å². The Balaban J connectivity index is 3.64. The van der Waals surface area contributed by atoms with E-state index >= 15 is 0 Å². The summed E-state index contributed by atoms with van der Waals surface area (Å²) in [4.78, 5) is 0. The van der Waals surface area contributed by atoms with Gasteiger partial charge in [0.2, 0.25) is 0 Å². The van der Waals surface area contributed by atoms with E-state index in [1.807, 2.05) is 0 Å². The quantitative estimate of drug-likeness (QED) is 0.267. The molecule has 0 saturated heterocycles. The summed E-state index contributed by atoms with van der Waals surface area (Å²) in [6.07, 6.45) is 9.28. The van der Waals surface area contributed by atoms with Gasteiger partial charge in [-0.3, -0.25) is 9.13 Å². The summed E-state index contributed by atoms with van der Waals surface area (Å²) >= 11 is 0. The molecular formula is C16H36O4P2. The molecule has 0 aliphatic rings. The van der Waals surface area contributed by atoms with Crippen molar-refractivity contribution in [2.45, 2.75) is 65.2 Å². The lowest BCUT2D eigenvalue weighted by molar-refractivity contribution is 0.307. The second-order valence-corrected chi connectivity index (χ2v) is 11.7. The van der Waals surface area contributed by atoms with Gasteiger partial charge in [-0.25, -0.2) is 0 Å². The molecule has 0 rings (SSSR count). The Bertz CT molecular complexity index is 324. The summed E-state index contributed by atoms with van der Waals surface area (Å²) < 4.78 is 35.2. The summed E-state index contributed by atoms with van der Waals surface area (Å²) in [5, 5.41) is 0. The molecule has 0 aromatic carbocycles. The van der Waals surface area contributed by atoms with Crippen molar-refractivity contribution in [3.63, 3.8) is 0 Å². The molecule has 0 fully saturated rings. The van der Waals surface area contributed by atoms with Gasteiger partial charge in [0.25, 0.3) is 0 Å². The highest BCUT2D eigenvalue weighted by Crippen LogP contribution is 2.45. The van der Waals surface area contributed by atoms with Crippen LogP contribution in [-0.2, 0) is 18.2 Å². The number of hydrogen-bond acceptors (Lipinski definition) is 4. The molecule has 6 heteroatoms. The number of rotatable bonds is 15. The third kappa shape index (κ3) is 14.0. The molecule has 2 unspecified atom stereocenters. The van der Waals surface area contributed by atoms with Crippen LogP contribution in [0.2, 0.25) is 0 Å². The zero-order valence-corrected chi connectivity index (χ0v) is 16.8. The fourth-order valence-electron chi connectivity index (χ4n) is 2.08. The zero-order valence-electron chi connectivity index (χ0n) is 15.0. The van der Waals surface area contributed by atoms with E-state index < -0.39 is 14.7 Å². The van der Waals surface area contributed by atoms with Crippen LogP contribution in [0.5, 0.6) is 0 Å². The monoisotopic (exact) mass is 354 g/mol. The van der Waals surface area contributed by atoms with Gasteiger partial charge in [-0.1, -0.05) is 39.5 Å². The van der Waals surface area contributed by atoms with Crippen LogP contribution in [0, 0.1) is 0 Å². The fourth-order valence-corrected chi connectivity index (χ4v) is 4.97. The van der Waals surface area contributed by atoms with Crippen molar-refractivity contribution in [1.82, 2.24) is 0 Å². The van der Waals surface area contributed by atoms with Gasteiger partial charge in [-0.05, 0) is 25.7 Å². The van der Waals surface area contributed by atoms with Crippen molar-refractivity contribution in [3.05, 3.63) is 0 Å². The molecule has 0 saturated carbocycles. The van der Waals surface area contributed by atoms with E-state index in [1.54, 1.807) is 13.3 Å². The van der Waals surface area contributed by atoms with E-state index in [-0.39, 0.29) is 0 Å².